The summed E-state index contributed by atoms with van der Waals surface area (Å²) in [4.78, 5) is 36.4. The van der Waals surface area contributed by atoms with Gasteiger partial charge in [-0.15, -0.1) is 0 Å². The first-order valence-electron chi connectivity index (χ1n) is 7.64. The molecule has 27 heavy (non-hydrogen) atoms. The minimum Gasteiger partial charge on any atom is -0.382 e. The van der Waals surface area contributed by atoms with Gasteiger partial charge in [0.2, 0.25) is 0 Å². The van der Waals surface area contributed by atoms with Crippen molar-refractivity contribution in [1.29, 1.82) is 5.41 Å². The summed E-state index contributed by atoms with van der Waals surface area (Å²) in [7, 11) is 2.94. The Bertz CT molecular complexity index is 885. The van der Waals surface area contributed by atoms with Crippen molar-refractivity contribution < 1.29 is 9.59 Å². The van der Waals surface area contributed by atoms with Crippen molar-refractivity contribution >= 4 is 41.0 Å². The van der Waals surface area contributed by atoms with Gasteiger partial charge in [0, 0.05) is 20.3 Å². The van der Waals surface area contributed by atoms with Crippen LogP contribution in [0.15, 0.2) is 42.2 Å². The molecule has 0 aliphatic heterocycles. The normalized spacial score (nSPS) is 11.1. The van der Waals surface area contributed by atoms with Gasteiger partial charge in [-0.2, -0.15) is 0 Å². The third kappa shape index (κ3) is 4.98. The van der Waals surface area contributed by atoms with Crippen LogP contribution in [0.2, 0.25) is 5.15 Å². The number of amides is 2. The lowest BCUT2D eigenvalue weighted by Gasteiger charge is -2.14. The molecule has 2 rings (SSSR count). The highest BCUT2D eigenvalue weighted by molar-refractivity contribution is 6.29. The van der Waals surface area contributed by atoms with Crippen LogP contribution in [0.4, 0.5) is 11.4 Å². The van der Waals surface area contributed by atoms with Gasteiger partial charge in [-0.1, -0.05) is 11.6 Å². The topological polar surface area (TPSA) is 145 Å². The molecule has 0 fully saturated rings. The molecule has 2 aromatic heterocycles. The first-order valence-corrected chi connectivity index (χ1v) is 8.02. The van der Waals surface area contributed by atoms with E-state index in [4.69, 9.17) is 17.0 Å². The van der Waals surface area contributed by atoms with E-state index in [1.165, 1.54) is 38.9 Å². The summed E-state index contributed by atoms with van der Waals surface area (Å²) in [6.07, 6.45) is 5.27. The Balaban J connectivity index is 2.37. The maximum atomic E-state index is 12.7. The van der Waals surface area contributed by atoms with Crippen LogP contribution < -0.4 is 21.3 Å². The molecule has 11 heteroatoms. The molecule has 0 saturated heterocycles. The van der Waals surface area contributed by atoms with E-state index < -0.39 is 11.8 Å². The molecule has 0 atom stereocenters. The lowest BCUT2D eigenvalue weighted by molar-refractivity contribution is -0.117. The number of hydrogen-bond donors (Lipinski definition) is 5. The first kappa shape index (κ1) is 19.8. The largest absolute Gasteiger partial charge is 0.382 e. The molecule has 0 bridgehead atoms. The lowest BCUT2D eigenvalue weighted by atomic mass is 10.2. The summed E-state index contributed by atoms with van der Waals surface area (Å²) in [6.45, 7) is 0. The van der Waals surface area contributed by atoms with E-state index in [0.29, 0.717) is 11.4 Å². The Morgan fingerprint density at radius 3 is 2.44 bits per heavy atom. The first-order chi connectivity index (χ1) is 13.0. The number of nitrogens with zero attached hydrogens (tertiary/aromatic N) is 3. The Morgan fingerprint density at radius 1 is 1.15 bits per heavy atom. The lowest BCUT2D eigenvalue weighted by Crippen LogP contribution is -2.35. The predicted octanol–water partition coefficient (Wildman–Crippen LogP) is 0.825. The van der Waals surface area contributed by atoms with Crippen LogP contribution in [-0.4, -0.2) is 47.1 Å². The van der Waals surface area contributed by atoms with Crippen molar-refractivity contribution in [2.45, 2.75) is 0 Å². The highest BCUT2D eigenvalue weighted by Gasteiger charge is 2.19. The van der Waals surface area contributed by atoms with Gasteiger partial charge >= 0.3 is 0 Å². The minimum absolute atomic E-state index is 0.0221. The monoisotopic (exact) mass is 388 g/mol. The number of nitrogens with one attached hydrogen (secondary N) is 5. The second-order valence-corrected chi connectivity index (χ2v) is 5.39. The van der Waals surface area contributed by atoms with Gasteiger partial charge in [0.1, 0.15) is 17.2 Å². The zero-order valence-electron chi connectivity index (χ0n) is 14.5. The van der Waals surface area contributed by atoms with Crippen LogP contribution in [0.25, 0.3) is 0 Å². The minimum atomic E-state index is -0.660. The summed E-state index contributed by atoms with van der Waals surface area (Å²) in [5.74, 6) is -1.15. The molecule has 2 amide bonds. The number of anilines is 2. The second-order valence-electron chi connectivity index (χ2n) is 5.00. The van der Waals surface area contributed by atoms with E-state index in [1.54, 1.807) is 6.07 Å². The smallest absolute Gasteiger partial charge is 0.276 e. The van der Waals surface area contributed by atoms with Crippen molar-refractivity contribution in [3.63, 3.8) is 0 Å². The molecule has 5 N–H and O–H groups in total. The zero-order chi connectivity index (χ0) is 19.8. The van der Waals surface area contributed by atoms with Crippen LogP contribution in [0.1, 0.15) is 10.5 Å². The number of aromatic nitrogens is 3. The van der Waals surface area contributed by atoms with Crippen molar-refractivity contribution in [2.24, 2.45) is 0 Å². The fourth-order valence-corrected chi connectivity index (χ4v) is 2.22. The summed E-state index contributed by atoms with van der Waals surface area (Å²) in [6, 6.07) is 3.09. The van der Waals surface area contributed by atoms with Crippen LogP contribution in [-0.2, 0) is 4.79 Å². The molecule has 0 saturated carbocycles. The number of pyridine rings is 1. The Morgan fingerprint density at radius 2 is 1.85 bits per heavy atom. The van der Waals surface area contributed by atoms with E-state index >= 15 is 0 Å². The van der Waals surface area contributed by atoms with Crippen LogP contribution >= 0.6 is 11.6 Å². The number of halogens is 1. The highest BCUT2D eigenvalue weighted by atomic mass is 35.5. The molecule has 0 unspecified atom stereocenters. The molecule has 10 nitrogen and oxygen atoms in total. The molecule has 140 valence electrons. The van der Waals surface area contributed by atoms with Gasteiger partial charge in [0.05, 0.1) is 29.5 Å². The van der Waals surface area contributed by atoms with Gasteiger partial charge in [-0.25, -0.2) is 15.0 Å². The molecule has 2 heterocycles. The van der Waals surface area contributed by atoms with Crippen molar-refractivity contribution in [3.8, 4) is 0 Å². The van der Waals surface area contributed by atoms with E-state index in [-0.39, 0.29) is 22.2 Å². The number of carbonyl (C=O) groups excluding carboxylic acids is 2. The third-order valence-corrected chi connectivity index (χ3v) is 3.49. The standard InChI is InChI=1S/C16H17ClN8O2/c1-19-13(15(26)20-2)11(5-18)24-16(27)14-10(3-4-12(17)25-14)23-9-6-21-8-22-7-9/h3-8,18-19,23H,1-2H3,(H,20,26)(H,24,27)/b13-11+,18-5?. The Kier molecular flexibility index (Phi) is 6.78. The average molecular weight is 389 g/mol. The molecule has 0 aliphatic rings. The average Bonchev–Trinajstić information content (AvgIpc) is 2.69. The van der Waals surface area contributed by atoms with E-state index in [0.717, 1.165) is 6.21 Å². The summed E-state index contributed by atoms with van der Waals surface area (Å²) in [5.41, 5.74) is 0.853. The maximum Gasteiger partial charge on any atom is 0.276 e. The Labute approximate surface area is 160 Å². The Hall–Kier alpha value is -3.53. The number of rotatable bonds is 7. The maximum absolute atomic E-state index is 12.7. The van der Waals surface area contributed by atoms with Gasteiger partial charge in [-0.3, -0.25) is 9.59 Å². The zero-order valence-corrected chi connectivity index (χ0v) is 15.3. The fraction of sp³-hybridized carbons (Fsp3) is 0.125. The molecular formula is C16H17ClN8O2. The number of allylic oxidation sites excluding steroid dienone is 1. The van der Waals surface area contributed by atoms with Gasteiger partial charge < -0.3 is 26.7 Å². The SMILES string of the molecule is CNC(=O)/C(NC)=C(/C=N)NC(=O)c1nc(Cl)ccc1Nc1cncnc1. The van der Waals surface area contributed by atoms with Gasteiger partial charge in [0.15, 0.2) is 5.69 Å². The van der Waals surface area contributed by atoms with E-state index in [9.17, 15) is 9.59 Å². The molecular weight excluding hydrogens is 372 g/mol. The number of likely N-dealkylation sites (N-methyl/N-ethyl adjacent to an activating group) is 2. The molecule has 0 aliphatic carbocycles. The van der Waals surface area contributed by atoms with Crippen molar-refractivity contribution in [2.75, 3.05) is 19.4 Å². The van der Waals surface area contributed by atoms with Gasteiger partial charge in [0.25, 0.3) is 11.8 Å². The number of hydrogen-bond acceptors (Lipinski definition) is 8. The van der Waals surface area contributed by atoms with Crippen LogP contribution in [0.5, 0.6) is 0 Å². The predicted molar refractivity (Wildman–Crippen MR) is 101 cm³/mol. The molecule has 0 radical (unpaired) electrons. The molecule has 2 aromatic rings. The molecule has 0 spiro atoms. The van der Waals surface area contributed by atoms with E-state index in [2.05, 4.69) is 36.2 Å². The van der Waals surface area contributed by atoms with Crippen molar-refractivity contribution in [1.82, 2.24) is 30.9 Å². The molecule has 0 aromatic carbocycles. The van der Waals surface area contributed by atoms with Gasteiger partial charge in [-0.05, 0) is 12.1 Å². The van der Waals surface area contributed by atoms with E-state index in [1.807, 2.05) is 0 Å². The van der Waals surface area contributed by atoms with Crippen LogP contribution in [0, 0.1) is 5.41 Å². The summed E-state index contributed by atoms with van der Waals surface area (Å²) >= 11 is 5.92. The fourth-order valence-electron chi connectivity index (χ4n) is 2.08. The second kappa shape index (κ2) is 9.25. The number of carbonyl (C=O) groups is 2. The van der Waals surface area contributed by atoms with Crippen molar-refractivity contribution in [3.05, 3.63) is 53.1 Å². The third-order valence-electron chi connectivity index (χ3n) is 3.28. The highest BCUT2D eigenvalue weighted by Crippen LogP contribution is 2.21. The summed E-state index contributed by atoms with van der Waals surface area (Å²) in [5, 5.41) is 18.1. The van der Waals surface area contributed by atoms with Crippen LogP contribution in [0.3, 0.4) is 0 Å². The quantitative estimate of drug-likeness (QED) is 0.268. The summed E-state index contributed by atoms with van der Waals surface area (Å²) < 4.78 is 0.